The van der Waals surface area contributed by atoms with E-state index in [-0.39, 0.29) is 24.3 Å². The topological polar surface area (TPSA) is 118 Å². The largest absolute Gasteiger partial charge is 0.494 e. The van der Waals surface area contributed by atoms with Gasteiger partial charge in [-0.25, -0.2) is 4.68 Å². The molecule has 0 aliphatic carbocycles. The van der Waals surface area contributed by atoms with E-state index in [0.717, 1.165) is 48.3 Å². The lowest BCUT2D eigenvalue weighted by molar-refractivity contribution is 0.0888. The summed E-state index contributed by atoms with van der Waals surface area (Å²) < 4.78 is 13.2. The van der Waals surface area contributed by atoms with Crippen molar-refractivity contribution < 1.29 is 14.6 Å². The fraction of sp³-hybridized carbons (Fsp3) is 0.583. The summed E-state index contributed by atoms with van der Waals surface area (Å²) in [5.41, 5.74) is 1.29. The number of aromatic nitrogens is 5. The zero-order valence-electron chi connectivity index (χ0n) is 19.9. The minimum atomic E-state index is -0.126. The van der Waals surface area contributed by atoms with Gasteiger partial charge in [0.1, 0.15) is 5.75 Å². The van der Waals surface area contributed by atoms with Crippen molar-refractivity contribution >= 4 is 10.9 Å². The Labute approximate surface area is 198 Å². The van der Waals surface area contributed by atoms with Crippen LogP contribution in [-0.4, -0.2) is 67.7 Å². The fourth-order valence-corrected chi connectivity index (χ4v) is 4.61. The lowest BCUT2D eigenvalue weighted by Crippen LogP contribution is -2.34. The number of pyridine rings is 1. The van der Waals surface area contributed by atoms with Gasteiger partial charge in [0.15, 0.2) is 5.82 Å². The minimum absolute atomic E-state index is 0.0690. The number of fused-ring (bicyclic) bond motifs is 1. The molecule has 0 saturated carbocycles. The van der Waals surface area contributed by atoms with Gasteiger partial charge in [0, 0.05) is 42.8 Å². The number of nitrogens with zero attached hydrogens (tertiary/aromatic N) is 5. The first-order chi connectivity index (χ1) is 16.6. The summed E-state index contributed by atoms with van der Waals surface area (Å²) >= 11 is 0. The molecule has 10 heteroatoms. The van der Waals surface area contributed by atoms with Crippen LogP contribution in [-0.2, 0) is 17.8 Å². The van der Waals surface area contributed by atoms with Gasteiger partial charge in [-0.05, 0) is 67.3 Å². The normalized spacial score (nSPS) is 17.0. The molecule has 1 aliphatic heterocycles. The van der Waals surface area contributed by atoms with Crippen LogP contribution in [0.5, 0.6) is 5.75 Å². The predicted octanol–water partition coefficient (Wildman–Crippen LogP) is 2.43. The van der Waals surface area contributed by atoms with E-state index in [4.69, 9.17) is 9.47 Å². The van der Waals surface area contributed by atoms with Gasteiger partial charge in [-0.1, -0.05) is 6.92 Å². The van der Waals surface area contributed by atoms with Crippen LogP contribution in [0.4, 0.5) is 0 Å². The Balaban J connectivity index is 1.62. The zero-order valence-corrected chi connectivity index (χ0v) is 19.9. The summed E-state index contributed by atoms with van der Waals surface area (Å²) in [5, 5.41) is 22.9. The summed E-state index contributed by atoms with van der Waals surface area (Å²) in [7, 11) is 0. The molecule has 0 bridgehead atoms. The number of benzene rings is 1. The number of H-pyrrole nitrogens is 1. The van der Waals surface area contributed by atoms with E-state index in [1.54, 1.807) is 0 Å². The third-order valence-electron chi connectivity index (χ3n) is 6.27. The standard InChI is InChI=1S/C24H34N6O4/c1-3-22(23-26-27-28-30(23)16-20-7-5-12-34-20)29(10-6-11-31)15-18-13-17-14-19(33-4-2)8-9-21(17)25-24(18)32/h8-9,13-14,20,22,31H,3-7,10-12,15-16H2,1-2H3,(H,25,32)/t20-,22+/m1/s1. The van der Waals surface area contributed by atoms with Crippen LogP contribution in [0.3, 0.4) is 0 Å². The third-order valence-corrected chi connectivity index (χ3v) is 6.27. The highest BCUT2D eigenvalue weighted by atomic mass is 16.5. The van der Waals surface area contributed by atoms with Crippen LogP contribution in [0, 0.1) is 0 Å². The number of aliphatic hydroxyl groups excluding tert-OH is 1. The quantitative estimate of drug-likeness (QED) is 0.414. The molecule has 2 atom stereocenters. The molecular formula is C24H34N6O4. The second kappa shape index (κ2) is 11.5. The number of nitrogens with one attached hydrogen (secondary N) is 1. The van der Waals surface area contributed by atoms with E-state index in [1.165, 1.54) is 0 Å². The summed E-state index contributed by atoms with van der Waals surface area (Å²) in [6, 6.07) is 7.48. The third kappa shape index (κ3) is 5.63. The maximum absolute atomic E-state index is 12.9. The van der Waals surface area contributed by atoms with E-state index < -0.39 is 0 Å². The summed E-state index contributed by atoms with van der Waals surface area (Å²) in [5.74, 6) is 1.52. The van der Waals surface area contributed by atoms with Gasteiger partial charge in [-0.3, -0.25) is 9.69 Å². The fourth-order valence-electron chi connectivity index (χ4n) is 4.61. The van der Waals surface area contributed by atoms with Gasteiger partial charge in [0.2, 0.25) is 0 Å². The molecule has 34 heavy (non-hydrogen) atoms. The van der Waals surface area contributed by atoms with E-state index in [2.05, 4.69) is 32.3 Å². The molecule has 4 rings (SSSR count). The number of aliphatic hydroxyl groups is 1. The molecule has 0 unspecified atom stereocenters. The van der Waals surface area contributed by atoms with Crippen molar-refractivity contribution in [3.05, 3.63) is 46.0 Å². The summed E-state index contributed by atoms with van der Waals surface area (Å²) in [6.07, 6.45) is 3.52. The maximum atomic E-state index is 12.9. The van der Waals surface area contributed by atoms with Gasteiger partial charge in [-0.15, -0.1) is 5.10 Å². The first-order valence-corrected chi connectivity index (χ1v) is 12.1. The Morgan fingerprint density at radius 3 is 2.97 bits per heavy atom. The van der Waals surface area contributed by atoms with E-state index in [0.29, 0.717) is 38.2 Å². The van der Waals surface area contributed by atoms with Crippen LogP contribution in [0.25, 0.3) is 10.9 Å². The highest BCUT2D eigenvalue weighted by molar-refractivity contribution is 5.80. The van der Waals surface area contributed by atoms with Crippen LogP contribution >= 0.6 is 0 Å². The van der Waals surface area contributed by atoms with Crippen LogP contribution in [0.1, 0.15) is 57.0 Å². The highest BCUT2D eigenvalue weighted by Crippen LogP contribution is 2.26. The van der Waals surface area contributed by atoms with Gasteiger partial charge in [-0.2, -0.15) is 0 Å². The molecule has 1 fully saturated rings. The molecular weight excluding hydrogens is 436 g/mol. The molecule has 0 amide bonds. The van der Waals surface area contributed by atoms with E-state index in [1.807, 2.05) is 35.9 Å². The maximum Gasteiger partial charge on any atom is 0.252 e. The molecule has 1 aromatic carbocycles. The second-order valence-corrected chi connectivity index (χ2v) is 8.63. The van der Waals surface area contributed by atoms with Crippen molar-refractivity contribution in [3.8, 4) is 5.75 Å². The van der Waals surface area contributed by atoms with Crippen LogP contribution in [0.2, 0.25) is 0 Å². The Morgan fingerprint density at radius 1 is 1.35 bits per heavy atom. The molecule has 0 radical (unpaired) electrons. The Kier molecular flexibility index (Phi) is 8.25. The Bertz CT molecular complexity index is 1120. The first kappa shape index (κ1) is 24.3. The number of hydrogen-bond acceptors (Lipinski definition) is 8. The lowest BCUT2D eigenvalue weighted by atomic mass is 10.1. The second-order valence-electron chi connectivity index (χ2n) is 8.63. The first-order valence-electron chi connectivity index (χ1n) is 12.1. The van der Waals surface area contributed by atoms with Crippen molar-refractivity contribution in [1.29, 1.82) is 0 Å². The Hall–Kier alpha value is -2.82. The zero-order chi connectivity index (χ0) is 23.9. The van der Waals surface area contributed by atoms with Crippen molar-refractivity contribution in [2.75, 3.05) is 26.4 Å². The Morgan fingerprint density at radius 2 is 2.24 bits per heavy atom. The average molecular weight is 471 g/mol. The monoisotopic (exact) mass is 470 g/mol. The molecule has 0 spiro atoms. The van der Waals surface area contributed by atoms with E-state index >= 15 is 0 Å². The number of aromatic amines is 1. The van der Waals surface area contributed by atoms with Crippen molar-refractivity contribution in [3.63, 3.8) is 0 Å². The number of tetrazole rings is 1. The van der Waals surface area contributed by atoms with Gasteiger partial charge in [0.25, 0.3) is 5.56 Å². The van der Waals surface area contributed by atoms with Crippen molar-refractivity contribution in [1.82, 2.24) is 30.1 Å². The molecule has 3 heterocycles. The minimum Gasteiger partial charge on any atom is -0.494 e. The smallest absolute Gasteiger partial charge is 0.252 e. The van der Waals surface area contributed by atoms with Crippen LogP contribution in [0.15, 0.2) is 29.1 Å². The lowest BCUT2D eigenvalue weighted by Gasteiger charge is -2.30. The van der Waals surface area contributed by atoms with E-state index in [9.17, 15) is 9.90 Å². The van der Waals surface area contributed by atoms with Crippen molar-refractivity contribution in [2.24, 2.45) is 0 Å². The average Bonchev–Trinajstić information content (AvgIpc) is 3.51. The highest BCUT2D eigenvalue weighted by Gasteiger charge is 2.27. The van der Waals surface area contributed by atoms with Crippen LogP contribution < -0.4 is 10.3 Å². The van der Waals surface area contributed by atoms with Crippen molar-refractivity contribution in [2.45, 2.75) is 64.8 Å². The molecule has 3 aromatic rings. The number of rotatable bonds is 12. The molecule has 184 valence electrons. The summed E-state index contributed by atoms with van der Waals surface area (Å²) in [6.45, 7) is 7.09. The van der Waals surface area contributed by atoms with Gasteiger partial charge in [0.05, 0.1) is 25.3 Å². The molecule has 2 N–H and O–H groups in total. The predicted molar refractivity (Wildman–Crippen MR) is 128 cm³/mol. The number of ether oxygens (including phenoxy) is 2. The molecule has 2 aromatic heterocycles. The van der Waals surface area contributed by atoms with Gasteiger partial charge < -0.3 is 19.6 Å². The SMILES string of the molecule is CCOc1ccc2[nH]c(=O)c(CN(CCCO)[C@@H](CC)c3nnnn3C[C@H]3CCCO3)cc2c1. The number of hydrogen-bond donors (Lipinski definition) is 2. The molecule has 1 saturated heterocycles. The summed E-state index contributed by atoms with van der Waals surface area (Å²) in [4.78, 5) is 18.1. The molecule has 10 nitrogen and oxygen atoms in total. The molecule has 1 aliphatic rings. The van der Waals surface area contributed by atoms with Gasteiger partial charge >= 0.3 is 0 Å².